The molecule has 0 radical (unpaired) electrons. The summed E-state index contributed by atoms with van der Waals surface area (Å²) in [6.45, 7) is 1.01. The highest BCUT2D eigenvalue weighted by Gasteiger charge is 2.41. The van der Waals surface area contributed by atoms with Crippen molar-refractivity contribution in [2.45, 2.75) is 63.5 Å². The van der Waals surface area contributed by atoms with E-state index in [1.165, 1.54) is 7.11 Å². The number of aryl methyl sites for hydroxylation is 1. The fourth-order valence-electron chi connectivity index (χ4n) is 4.84. The summed E-state index contributed by atoms with van der Waals surface area (Å²) in [6.07, 6.45) is 6.18. The van der Waals surface area contributed by atoms with Gasteiger partial charge in [0.2, 0.25) is 0 Å². The van der Waals surface area contributed by atoms with Gasteiger partial charge in [0.1, 0.15) is 11.1 Å². The molecule has 0 spiro atoms. The van der Waals surface area contributed by atoms with E-state index < -0.39 is 23.0 Å². The van der Waals surface area contributed by atoms with Crippen LogP contribution in [0.2, 0.25) is 0 Å². The Bertz CT molecular complexity index is 1080. The van der Waals surface area contributed by atoms with E-state index in [-0.39, 0.29) is 5.56 Å². The first-order valence-corrected chi connectivity index (χ1v) is 11.3. The second kappa shape index (κ2) is 9.22. The fraction of sp³-hybridized carbons (Fsp3) is 0.542. The molecule has 1 aromatic carbocycles. The summed E-state index contributed by atoms with van der Waals surface area (Å²) in [7, 11) is 2.89. The minimum atomic E-state index is -1.10. The minimum absolute atomic E-state index is 0.0155. The van der Waals surface area contributed by atoms with Crippen LogP contribution in [0, 0.1) is 0 Å². The van der Waals surface area contributed by atoms with Crippen molar-refractivity contribution in [3.63, 3.8) is 0 Å². The standard InChI is InChI=1S/C24H30N2O6/c1-30-18-10-9-16-15-17(22(28)26-13-7-8-14-32-20(18)19(16)26)21(27)25-24(23(29)31-2)11-5-3-4-6-12-24/h9-10,15H,3-8,11-14H2,1-2H3,(H,25,27). The Morgan fingerprint density at radius 2 is 1.81 bits per heavy atom. The maximum atomic E-state index is 13.4. The summed E-state index contributed by atoms with van der Waals surface area (Å²) < 4.78 is 18.0. The average Bonchev–Trinajstić information content (AvgIpc) is 3.03. The van der Waals surface area contributed by atoms with Crippen LogP contribution in [0.25, 0.3) is 10.9 Å². The summed E-state index contributed by atoms with van der Waals surface area (Å²) in [5, 5.41) is 3.61. The predicted molar refractivity (Wildman–Crippen MR) is 119 cm³/mol. The van der Waals surface area contributed by atoms with Gasteiger partial charge in [-0.1, -0.05) is 25.7 Å². The number of carbonyl (C=O) groups is 2. The smallest absolute Gasteiger partial charge is 0.331 e. The molecule has 32 heavy (non-hydrogen) atoms. The molecule has 2 aromatic rings. The lowest BCUT2D eigenvalue weighted by molar-refractivity contribution is -0.148. The maximum absolute atomic E-state index is 13.4. The number of carbonyl (C=O) groups excluding carboxylic acids is 2. The molecule has 1 aliphatic carbocycles. The molecule has 2 heterocycles. The second-order valence-electron chi connectivity index (χ2n) is 8.55. The van der Waals surface area contributed by atoms with Crippen LogP contribution in [-0.4, -0.2) is 42.8 Å². The van der Waals surface area contributed by atoms with Gasteiger partial charge in [-0.15, -0.1) is 0 Å². The highest BCUT2D eigenvalue weighted by molar-refractivity contribution is 6.01. The predicted octanol–water partition coefficient (Wildman–Crippen LogP) is 3.18. The van der Waals surface area contributed by atoms with E-state index in [0.29, 0.717) is 48.4 Å². The molecule has 0 unspecified atom stereocenters. The number of aromatic nitrogens is 1. The molecule has 1 amide bonds. The molecule has 8 heteroatoms. The van der Waals surface area contributed by atoms with E-state index in [9.17, 15) is 14.4 Å². The van der Waals surface area contributed by atoms with Gasteiger partial charge in [-0.25, -0.2) is 4.79 Å². The summed E-state index contributed by atoms with van der Waals surface area (Å²) in [5.41, 5.74) is -0.859. The Kier molecular flexibility index (Phi) is 6.39. The number of amides is 1. The molecular weight excluding hydrogens is 412 g/mol. The zero-order valence-corrected chi connectivity index (χ0v) is 18.7. The summed E-state index contributed by atoms with van der Waals surface area (Å²) in [4.78, 5) is 39.5. The van der Waals surface area contributed by atoms with Gasteiger partial charge < -0.3 is 24.1 Å². The quantitative estimate of drug-likeness (QED) is 0.577. The van der Waals surface area contributed by atoms with Gasteiger partial charge in [0, 0.05) is 11.9 Å². The van der Waals surface area contributed by atoms with Crippen LogP contribution in [0.4, 0.5) is 0 Å². The van der Waals surface area contributed by atoms with Crippen molar-refractivity contribution in [1.29, 1.82) is 0 Å². The van der Waals surface area contributed by atoms with Crippen LogP contribution in [0.1, 0.15) is 61.7 Å². The third-order valence-corrected chi connectivity index (χ3v) is 6.54. The number of hydrogen-bond acceptors (Lipinski definition) is 6. The van der Waals surface area contributed by atoms with Gasteiger partial charge >= 0.3 is 5.97 Å². The normalized spacial score (nSPS) is 17.9. The van der Waals surface area contributed by atoms with Gasteiger partial charge in [0.05, 0.1) is 26.3 Å². The molecule has 2 aliphatic rings. The molecule has 0 bridgehead atoms. The first-order chi connectivity index (χ1) is 15.5. The highest BCUT2D eigenvalue weighted by atomic mass is 16.5. The van der Waals surface area contributed by atoms with Crippen molar-refractivity contribution in [2.75, 3.05) is 20.8 Å². The summed E-state index contributed by atoms with van der Waals surface area (Å²) in [6, 6.07) is 5.17. The van der Waals surface area contributed by atoms with Crippen LogP contribution >= 0.6 is 0 Å². The lowest BCUT2D eigenvalue weighted by Crippen LogP contribution is -2.55. The number of hydrogen-bond donors (Lipinski definition) is 1. The van der Waals surface area contributed by atoms with Crippen LogP contribution in [0.5, 0.6) is 11.5 Å². The number of nitrogens with one attached hydrogen (secondary N) is 1. The highest BCUT2D eigenvalue weighted by Crippen LogP contribution is 2.36. The molecule has 1 fully saturated rings. The van der Waals surface area contributed by atoms with Crippen molar-refractivity contribution < 1.29 is 23.8 Å². The van der Waals surface area contributed by atoms with E-state index in [2.05, 4.69) is 5.32 Å². The lowest BCUT2D eigenvalue weighted by Gasteiger charge is -2.31. The molecule has 0 saturated heterocycles. The molecule has 1 aromatic heterocycles. The van der Waals surface area contributed by atoms with Crippen LogP contribution in [0.3, 0.4) is 0 Å². The number of rotatable bonds is 4. The Morgan fingerprint density at radius 1 is 1.06 bits per heavy atom. The summed E-state index contributed by atoms with van der Waals surface area (Å²) >= 11 is 0. The zero-order valence-electron chi connectivity index (χ0n) is 18.7. The molecule has 1 N–H and O–H groups in total. The zero-order chi connectivity index (χ0) is 22.7. The Balaban J connectivity index is 1.81. The van der Waals surface area contributed by atoms with Crippen molar-refractivity contribution in [1.82, 2.24) is 9.88 Å². The minimum Gasteiger partial charge on any atom is -0.493 e. The van der Waals surface area contributed by atoms with Crippen LogP contribution in [0.15, 0.2) is 23.0 Å². The van der Waals surface area contributed by atoms with Gasteiger partial charge in [0.25, 0.3) is 11.5 Å². The summed E-state index contributed by atoms with van der Waals surface area (Å²) in [5.74, 6) is 0.0633. The van der Waals surface area contributed by atoms with Crippen LogP contribution < -0.4 is 20.3 Å². The number of methoxy groups -OCH3 is 2. The third kappa shape index (κ3) is 3.94. The monoisotopic (exact) mass is 442 g/mol. The number of benzene rings is 1. The Hall–Kier alpha value is -3.03. The van der Waals surface area contributed by atoms with E-state index >= 15 is 0 Å². The Labute approximate surface area is 186 Å². The van der Waals surface area contributed by atoms with Crippen molar-refractivity contribution in [3.05, 3.63) is 34.1 Å². The Morgan fingerprint density at radius 3 is 2.50 bits per heavy atom. The van der Waals surface area contributed by atoms with E-state index in [1.807, 2.05) is 6.07 Å². The van der Waals surface area contributed by atoms with E-state index in [4.69, 9.17) is 14.2 Å². The molecule has 0 atom stereocenters. The van der Waals surface area contributed by atoms with E-state index in [1.54, 1.807) is 23.8 Å². The molecule has 172 valence electrons. The lowest BCUT2D eigenvalue weighted by atomic mass is 9.89. The van der Waals surface area contributed by atoms with Gasteiger partial charge in [-0.3, -0.25) is 9.59 Å². The number of ether oxygens (including phenoxy) is 3. The van der Waals surface area contributed by atoms with Crippen molar-refractivity contribution in [3.8, 4) is 11.5 Å². The maximum Gasteiger partial charge on any atom is 0.331 e. The molecular formula is C24H30N2O6. The van der Waals surface area contributed by atoms with Crippen molar-refractivity contribution in [2.24, 2.45) is 0 Å². The number of pyridine rings is 1. The SMILES string of the molecule is COC(=O)C1(NC(=O)c2cc3ccc(OC)c4c3n(c2=O)CCCCO4)CCCCCC1. The molecule has 8 nitrogen and oxygen atoms in total. The van der Waals surface area contributed by atoms with E-state index in [0.717, 1.165) is 38.5 Å². The van der Waals surface area contributed by atoms with Crippen LogP contribution in [-0.2, 0) is 16.1 Å². The topological polar surface area (TPSA) is 95.9 Å². The fourth-order valence-corrected chi connectivity index (χ4v) is 4.84. The first-order valence-electron chi connectivity index (χ1n) is 11.3. The second-order valence-corrected chi connectivity index (χ2v) is 8.55. The number of nitrogens with zero attached hydrogens (tertiary/aromatic N) is 1. The molecule has 1 saturated carbocycles. The largest absolute Gasteiger partial charge is 0.493 e. The van der Waals surface area contributed by atoms with Gasteiger partial charge in [-0.05, 0) is 43.9 Å². The average molecular weight is 443 g/mol. The number of esters is 1. The van der Waals surface area contributed by atoms with Gasteiger partial charge in [0.15, 0.2) is 11.5 Å². The third-order valence-electron chi connectivity index (χ3n) is 6.54. The molecule has 1 aliphatic heterocycles. The van der Waals surface area contributed by atoms with Crippen molar-refractivity contribution >= 4 is 22.8 Å². The molecule has 4 rings (SSSR count). The first kappa shape index (κ1) is 22.2. The van der Waals surface area contributed by atoms with Gasteiger partial charge in [-0.2, -0.15) is 0 Å².